The zero-order valence-corrected chi connectivity index (χ0v) is 10.2. The van der Waals surface area contributed by atoms with E-state index in [9.17, 15) is 19.2 Å². The van der Waals surface area contributed by atoms with E-state index in [1.165, 1.54) is 0 Å². The molecule has 0 heterocycles. The number of hydrogen-bond donors (Lipinski definition) is 1. The summed E-state index contributed by atoms with van der Waals surface area (Å²) in [4.78, 5) is 43.8. The number of benzene rings is 1. The highest BCUT2D eigenvalue weighted by Crippen LogP contribution is 2.00. The molecule has 6 heteroatoms. The summed E-state index contributed by atoms with van der Waals surface area (Å²) in [6.07, 6.45) is 2.88. The number of esters is 2. The molecule has 0 saturated carbocycles. The van der Waals surface area contributed by atoms with Gasteiger partial charge in [-0.05, 0) is 6.08 Å². The highest BCUT2D eigenvalue weighted by Gasteiger charge is 2.06. The summed E-state index contributed by atoms with van der Waals surface area (Å²) < 4.78 is 4.22. The van der Waals surface area contributed by atoms with E-state index in [-0.39, 0.29) is 0 Å². The van der Waals surface area contributed by atoms with Crippen LogP contribution in [0.1, 0.15) is 10.4 Å². The number of rotatable bonds is 5. The summed E-state index contributed by atoms with van der Waals surface area (Å²) in [7, 11) is 0. The lowest BCUT2D eigenvalue weighted by Gasteiger charge is -1.95. The lowest BCUT2D eigenvalue weighted by Crippen LogP contribution is -2.08. The SMILES string of the molecule is O=C(O)/C=C\C(=O)OC(=O)/C=C/C(=O)c1ccccc1. The number of carboxylic acids is 1. The number of hydrogen-bond acceptors (Lipinski definition) is 5. The molecule has 1 N–H and O–H groups in total. The van der Waals surface area contributed by atoms with Gasteiger partial charge < -0.3 is 9.84 Å². The number of aliphatic carboxylic acids is 1. The molecule has 20 heavy (non-hydrogen) atoms. The predicted octanol–water partition coefficient (Wildman–Crippen LogP) is 1.14. The Morgan fingerprint density at radius 2 is 1.40 bits per heavy atom. The van der Waals surface area contributed by atoms with Gasteiger partial charge in [-0.2, -0.15) is 0 Å². The van der Waals surface area contributed by atoms with Crippen LogP contribution >= 0.6 is 0 Å². The summed E-state index contributed by atoms with van der Waals surface area (Å²) in [6, 6.07) is 8.21. The summed E-state index contributed by atoms with van der Waals surface area (Å²) in [6.45, 7) is 0. The molecule has 0 atom stereocenters. The Labute approximate surface area is 114 Å². The molecule has 0 saturated heterocycles. The van der Waals surface area contributed by atoms with Crippen molar-refractivity contribution in [3.63, 3.8) is 0 Å². The molecule has 1 rings (SSSR count). The average molecular weight is 274 g/mol. The third-order valence-electron chi connectivity index (χ3n) is 1.99. The van der Waals surface area contributed by atoms with Crippen LogP contribution in [0.15, 0.2) is 54.6 Å². The van der Waals surface area contributed by atoms with Gasteiger partial charge in [0.25, 0.3) is 0 Å². The summed E-state index contributed by atoms with van der Waals surface area (Å²) >= 11 is 0. The minimum Gasteiger partial charge on any atom is -0.478 e. The average Bonchev–Trinajstić information content (AvgIpc) is 2.43. The molecule has 0 unspecified atom stereocenters. The molecule has 0 aliphatic carbocycles. The van der Waals surface area contributed by atoms with Crippen LogP contribution in [0.3, 0.4) is 0 Å². The molecular weight excluding hydrogens is 264 g/mol. The standard InChI is InChI=1S/C14H10O6/c15-11(10-4-2-1-3-5-10)6-8-13(18)20-14(19)9-7-12(16)17/h1-9H,(H,16,17)/b8-6+,9-7-. The maximum atomic E-state index is 11.6. The summed E-state index contributed by atoms with van der Waals surface area (Å²) in [5, 5.41) is 8.26. The van der Waals surface area contributed by atoms with Gasteiger partial charge in [0.15, 0.2) is 5.78 Å². The fourth-order valence-corrected chi connectivity index (χ4v) is 1.15. The van der Waals surface area contributed by atoms with Crippen LogP contribution in [0.4, 0.5) is 0 Å². The smallest absolute Gasteiger partial charge is 0.338 e. The second kappa shape index (κ2) is 7.42. The normalized spacial score (nSPS) is 10.6. The Bertz CT molecular complexity index is 583. The van der Waals surface area contributed by atoms with E-state index in [4.69, 9.17) is 5.11 Å². The van der Waals surface area contributed by atoms with Crippen molar-refractivity contribution < 1.29 is 29.0 Å². The van der Waals surface area contributed by atoms with Crippen molar-refractivity contribution in [3.05, 3.63) is 60.2 Å². The quantitative estimate of drug-likeness (QED) is 0.374. The Morgan fingerprint density at radius 1 is 0.850 bits per heavy atom. The minimum absolute atomic E-state index is 0.383. The summed E-state index contributed by atoms with van der Waals surface area (Å²) in [5.41, 5.74) is 0.383. The van der Waals surface area contributed by atoms with Gasteiger partial charge >= 0.3 is 17.9 Å². The number of carboxylic acid groups (broad SMARTS) is 1. The maximum Gasteiger partial charge on any atom is 0.338 e. The Morgan fingerprint density at radius 3 is 1.95 bits per heavy atom. The van der Waals surface area contributed by atoms with Crippen molar-refractivity contribution in [2.75, 3.05) is 0 Å². The third kappa shape index (κ3) is 5.54. The van der Waals surface area contributed by atoms with E-state index >= 15 is 0 Å². The van der Waals surface area contributed by atoms with Gasteiger partial charge in [-0.25, -0.2) is 14.4 Å². The van der Waals surface area contributed by atoms with E-state index in [0.717, 1.165) is 12.2 Å². The van der Waals surface area contributed by atoms with Gasteiger partial charge in [-0.15, -0.1) is 0 Å². The Kier molecular flexibility index (Phi) is 5.58. The molecular formula is C14H10O6. The van der Waals surface area contributed by atoms with Gasteiger partial charge in [-0.3, -0.25) is 4.79 Å². The van der Waals surface area contributed by atoms with Gasteiger partial charge in [0.1, 0.15) is 0 Å². The molecule has 0 spiro atoms. The van der Waals surface area contributed by atoms with Gasteiger partial charge in [0, 0.05) is 23.8 Å². The van der Waals surface area contributed by atoms with Crippen LogP contribution in [0.2, 0.25) is 0 Å². The number of allylic oxidation sites excluding steroid dienone is 1. The van der Waals surface area contributed by atoms with Gasteiger partial charge in [0.05, 0.1) is 0 Å². The molecule has 0 aliphatic heterocycles. The van der Waals surface area contributed by atoms with Crippen LogP contribution in [-0.4, -0.2) is 28.8 Å². The summed E-state index contributed by atoms with van der Waals surface area (Å²) in [5.74, 6) is -3.95. The van der Waals surface area contributed by atoms with Crippen molar-refractivity contribution in [2.45, 2.75) is 0 Å². The first-order valence-corrected chi connectivity index (χ1v) is 5.43. The minimum atomic E-state index is -1.34. The van der Waals surface area contributed by atoms with Crippen molar-refractivity contribution in [3.8, 4) is 0 Å². The second-order valence-corrected chi connectivity index (χ2v) is 3.48. The fraction of sp³-hybridized carbons (Fsp3) is 0. The molecule has 6 nitrogen and oxygen atoms in total. The van der Waals surface area contributed by atoms with Crippen molar-refractivity contribution in [1.82, 2.24) is 0 Å². The van der Waals surface area contributed by atoms with Gasteiger partial charge in [0.2, 0.25) is 0 Å². The van der Waals surface area contributed by atoms with E-state index in [2.05, 4.69) is 4.74 Å². The third-order valence-corrected chi connectivity index (χ3v) is 1.99. The van der Waals surface area contributed by atoms with E-state index in [1.807, 2.05) is 0 Å². The highest BCUT2D eigenvalue weighted by atomic mass is 16.6. The van der Waals surface area contributed by atoms with E-state index < -0.39 is 23.7 Å². The van der Waals surface area contributed by atoms with Crippen LogP contribution < -0.4 is 0 Å². The first-order chi connectivity index (χ1) is 9.49. The van der Waals surface area contributed by atoms with Gasteiger partial charge in [-0.1, -0.05) is 30.3 Å². The first kappa shape index (κ1) is 15.0. The van der Waals surface area contributed by atoms with E-state index in [1.54, 1.807) is 30.3 Å². The Balaban J connectivity index is 2.54. The number of carbonyl (C=O) groups excluding carboxylic acids is 3. The van der Waals surface area contributed by atoms with Crippen molar-refractivity contribution in [1.29, 1.82) is 0 Å². The molecule has 0 aromatic heterocycles. The topological polar surface area (TPSA) is 97.7 Å². The monoisotopic (exact) mass is 274 g/mol. The zero-order chi connectivity index (χ0) is 15.0. The number of ether oxygens (including phenoxy) is 1. The van der Waals surface area contributed by atoms with Crippen LogP contribution in [0, 0.1) is 0 Å². The molecule has 102 valence electrons. The molecule has 0 radical (unpaired) electrons. The Hall–Kier alpha value is -3.02. The number of ketones is 1. The largest absolute Gasteiger partial charge is 0.478 e. The molecule has 1 aromatic carbocycles. The molecule has 0 fully saturated rings. The first-order valence-electron chi connectivity index (χ1n) is 5.43. The molecule has 0 bridgehead atoms. The molecule has 0 aliphatic rings. The predicted molar refractivity (Wildman–Crippen MR) is 67.8 cm³/mol. The maximum absolute atomic E-state index is 11.6. The fourth-order valence-electron chi connectivity index (χ4n) is 1.15. The molecule has 1 aromatic rings. The lowest BCUT2D eigenvalue weighted by atomic mass is 10.1. The molecule has 0 amide bonds. The van der Waals surface area contributed by atoms with Crippen molar-refractivity contribution >= 4 is 23.7 Å². The van der Waals surface area contributed by atoms with Crippen molar-refractivity contribution in [2.24, 2.45) is 0 Å². The second-order valence-electron chi connectivity index (χ2n) is 3.48. The highest BCUT2D eigenvalue weighted by molar-refractivity contribution is 6.08. The van der Waals surface area contributed by atoms with E-state index in [0.29, 0.717) is 17.7 Å². The van der Waals surface area contributed by atoms with Crippen LogP contribution in [-0.2, 0) is 19.1 Å². The number of carbonyl (C=O) groups is 4. The lowest BCUT2D eigenvalue weighted by molar-refractivity contribution is -0.152. The zero-order valence-electron chi connectivity index (χ0n) is 10.2. The van der Waals surface area contributed by atoms with Crippen LogP contribution in [0.5, 0.6) is 0 Å². The van der Waals surface area contributed by atoms with Crippen LogP contribution in [0.25, 0.3) is 0 Å².